The van der Waals surface area contributed by atoms with E-state index in [0.717, 1.165) is 18.9 Å². The van der Waals surface area contributed by atoms with Crippen molar-refractivity contribution < 1.29 is 27.1 Å². The first-order chi connectivity index (χ1) is 15.3. The second-order valence-corrected chi connectivity index (χ2v) is 8.59. The Bertz CT molecular complexity index is 1180. The predicted octanol–water partition coefficient (Wildman–Crippen LogP) is 3.23. The molecule has 0 radical (unpaired) electrons. The summed E-state index contributed by atoms with van der Waals surface area (Å²) in [7, 11) is -2.91. The number of methoxy groups -OCH3 is 1. The van der Waals surface area contributed by atoms with E-state index in [-0.39, 0.29) is 28.4 Å². The molecule has 170 valence electrons. The summed E-state index contributed by atoms with van der Waals surface area (Å²) in [5, 5.41) is 4.00. The van der Waals surface area contributed by atoms with Crippen LogP contribution in [0.15, 0.2) is 53.9 Å². The lowest BCUT2D eigenvalue weighted by Crippen LogP contribution is -2.15. The molecule has 1 aromatic heterocycles. The van der Waals surface area contributed by atoms with Crippen molar-refractivity contribution in [3.8, 4) is 5.75 Å². The van der Waals surface area contributed by atoms with Crippen LogP contribution >= 0.6 is 0 Å². The van der Waals surface area contributed by atoms with Crippen LogP contribution in [0.2, 0.25) is 0 Å². The van der Waals surface area contributed by atoms with Gasteiger partial charge in [-0.3, -0.25) is 4.72 Å². The quantitative estimate of drug-likeness (QED) is 0.364. The monoisotopic (exact) mass is 462 g/mol. The van der Waals surface area contributed by atoms with Gasteiger partial charge in [-0.1, -0.05) is 13.3 Å². The smallest absolute Gasteiger partial charge is 0.337 e. The second kappa shape index (κ2) is 10.2. The molecule has 0 saturated carbocycles. The summed E-state index contributed by atoms with van der Waals surface area (Å²) < 4.78 is 54.0. The van der Waals surface area contributed by atoms with Crippen LogP contribution in [-0.4, -0.2) is 42.9 Å². The third kappa shape index (κ3) is 5.82. The highest BCUT2D eigenvalue weighted by Gasteiger charge is 2.19. The van der Waals surface area contributed by atoms with Crippen molar-refractivity contribution in [2.75, 3.05) is 18.4 Å². The van der Waals surface area contributed by atoms with Gasteiger partial charge in [-0.05, 0) is 48.4 Å². The highest BCUT2D eigenvalue weighted by molar-refractivity contribution is 7.92. The molecule has 0 aliphatic heterocycles. The molecule has 0 aliphatic carbocycles. The lowest BCUT2D eigenvalue weighted by Gasteiger charge is -2.13. The fraction of sp³-hybridized carbons (Fsp3) is 0.286. The van der Waals surface area contributed by atoms with E-state index in [9.17, 15) is 17.6 Å². The number of carbonyl (C=O) groups excluding carboxylic acids is 1. The number of halogens is 1. The molecular weight excluding hydrogens is 439 g/mol. The first-order valence-electron chi connectivity index (χ1n) is 9.82. The van der Waals surface area contributed by atoms with E-state index in [1.807, 2.05) is 6.92 Å². The molecule has 0 saturated heterocycles. The van der Waals surface area contributed by atoms with Crippen molar-refractivity contribution in [1.29, 1.82) is 0 Å². The van der Waals surface area contributed by atoms with Crippen molar-refractivity contribution in [1.82, 2.24) is 14.8 Å². The first-order valence-corrected chi connectivity index (χ1v) is 11.3. The molecule has 0 bridgehead atoms. The Balaban J connectivity index is 1.87. The lowest BCUT2D eigenvalue weighted by molar-refractivity contribution is 0.0600. The maximum absolute atomic E-state index is 14.3. The minimum absolute atomic E-state index is 0.0137. The third-order valence-corrected chi connectivity index (χ3v) is 5.83. The second-order valence-electron chi connectivity index (χ2n) is 6.90. The number of ether oxygens (including phenoxy) is 2. The summed E-state index contributed by atoms with van der Waals surface area (Å²) in [5.41, 5.74) is 0.849. The molecule has 3 aromatic rings. The number of carbonyl (C=O) groups is 1. The Morgan fingerprint density at radius 3 is 2.69 bits per heavy atom. The minimum Gasteiger partial charge on any atom is -0.491 e. The third-order valence-electron chi connectivity index (χ3n) is 4.45. The number of unbranched alkanes of at least 4 members (excludes halogenated alkanes) is 1. The number of hydrogen-bond acceptors (Lipinski definition) is 7. The average molecular weight is 463 g/mol. The lowest BCUT2D eigenvalue weighted by atomic mass is 10.1. The minimum atomic E-state index is -4.14. The molecule has 0 atom stereocenters. The molecule has 1 heterocycles. The number of hydrogen-bond donors (Lipinski definition) is 1. The van der Waals surface area contributed by atoms with Gasteiger partial charge in [-0.2, -0.15) is 5.10 Å². The zero-order valence-electron chi connectivity index (χ0n) is 17.6. The molecule has 9 nitrogen and oxygen atoms in total. The van der Waals surface area contributed by atoms with E-state index in [1.54, 1.807) is 12.1 Å². The van der Waals surface area contributed by atoms with E-state index in [0.29, 0.717) is 12.2 Å². The molecule has 0 amide bonds. The number of rotatable bonds is 10. The normalized spacial score (nSPS) is 11.2. The van der Waals surface area contributed by atoms with Crippen LogP contribution in [0, 0.1) is 5.82 Å². The summed E-state index contributed by atoms with van der Waals surface area (Å²) in [5.74, 6) is -1.43. The molecule has 0 spiro atoms. The molecule has 1 N–H and O–H groups in total. The average Bonchev–Trinajstić information content (AvgIpc) is 3.26. The summed E-state index contributed by atoms with van der Waals surface area (Å²) >= 11 is 0. The highest BCUT2D eigenvalue weighted by atomic mass is 32.2. The maximum Gasteiger partial charge on any atom is 0.337 e. The van der Waals surface area contributed by atoms with Crippen LogP contribution in [0.25, 0.3) is 0 Å². The Hall–Kier alpha value is -3.47. The molecule has 0 fully saturated rings. The molecule has 11 heteroatoms. The fourth-order valence-corrected chi connectivity index (χ4v) is 3.94. The van der Waals surface area contributed by atoms with Crippen LogP contribution in [0.1, 0.15) is 35.7 Å². The van der Waals surface area contributed by atoms with E-state index in [1.165, 1.54) is 42.6 Å². The molecule has 0 aliphatic rings. The standard InChI is InChI=1S/C21H23FN4O5S/c1-3-4-7-31-20-6-5-18(11-19(20)22)32(28,29)25-17-9-15(12-26-14-23-13-24-26)8-16(10-17)21(27)30-2/h5-6,8-11,13-14,25H,3-4,7,12H2,1-2H3. The Kier molecular flexibility index (Phi) is 7.41. The zero-order valence-corrected chi connectivity index (χ0v) is 18.4. The number of benzene rings is 2. The Morgan fingerprint density at radius 1 is 1.22 bits per heavy atom. The first kappa shape index (κ1) is 23.2. The zero-order chi connectivity index (χ0) is 23.1. The van der Waals surface area contributed by atoms with Crippen molar-refractivity contribution >= 4 is 21.7 Å². The summed E-state index contributed by atoms with van der Waals surface area (Å²) in [4.78, 5) is 15.6. The largest absolute Gasteiger partial charge is 0.491 e. The predicted molar refractivity (Wildman–Crippen MR) is 115 cm³/mol. The molecule has 2 aromatic carbocycles. The molecule has 32 heavy (non-hydrogen) atoms. The van der Waals surface area contributed by atoms with Crippen LogP contribution < -0.4 is 9.46 Å². The Labute approximate surface area is 185 Å². The number of anilines is 1. The maximum atomic E-state index is 14.3. The van der Waals surface area contributed by atoms with Crippen molar-refractivity contribution in [2.24, 2.45) is 0 Å². The van der Waals surface area contributed by atoms with Crippen LogP contribution in [-0.2, 0) is 21.3 Å². The number of nitrogens with one attached hydrogen (secondary N) is 1. The Morgan fingerprint density at radius 2 is 2.03 bits per heavy atom. The van der Waals surface area contributed by atoms with Crippen molar-refractivity contribution in [2.45, 2.75) is 31.2 Å². The van der Waals surface area contributed by atoms with E-state index < -0.39 is 21.8 Å². The highest BCUT2D eigenvalue weighted by Crippen LogP contribution is 2.24. The van der Waals surface area contributed by atoms with Gasteiger partial charge in [0.05, 0.1) is 36.4 Å². The van der Waals surface area contributed by atoms with Crippen molar-refractivity contribution in [3.05, 3.63) is 66.0 Å². The van der Waals surface area contributed by atoms with Gasteiger partial charge in [0.2, 0.25) is 0 Å². The van der Waals surface area contributed by atoms with Gasteiger partial charge in [0.25, 0.3) is 10.0 Å². The van der Waals surface area contributed by atoms with E-state index >= 15 is 0 Å². The van der Waals surface area contributed by atoms with E-state index in [4.69, 9.17) is 9.47 Å². The van der Waals surface area contributed by atoms with E-state index in [2.05, 4.69) is 14.8 Å². The number of aromatic nitrogens is 3. The van der Waals surface area contributed by atoms with Gasteiger partial charge >= 0.3 is 5.97 Å². The van der Waals surface area contributed by atoms with Gasteiger partial charge in [0.15, 0.2) is 11.6 Å². The van der Waals surface area contributed by atoms with Crippen LogP contribution in [0.5, 0.6) is 5.75 Å². The summed E-state index contributed by atoms with van der Waals surface area (Å²) in [6.07, 6.45) is 4.50. The van der Waals surface area contributed by atoms with Gasteiger partial charge in [-0.15, -0.1) is 0 Å². The molecule has 0 unspecified atom stereocenters. The fourth-order valence-electron chi connectivity index (χ4n) is 2.89. The summed E-state index contributed by atoms with van der Waals surface area (Å²) in [6, 6.07) is 7.88. The number of nitrogens with zero attached hydrogens (tertiary/aromatic N) is 3. The van der Waals surface area contributed by atoms with Gasteiger partial charge in [-0.25, -0.2) is 27.3 Å². The van der Waals surface area contributed by atoms with Gasteiger partial charge in [0, 0.05) is 0 Å². The van der Waals surface area contributed by atoms with Gasteiger partial charge in [0.1, 0.15) is 12.7 Å². The van der Waals surface area contributed by atoms with Crippen molar-refractivity contribution in [3.63, 3.8) is 0 Å². The molecular formula is C21H23FN4O5S. The topological polar surface area (TPSA) is 112 Å². The van der Waals surface area contributed by atoms with Crippen LogP contribution in [0.3, 0.4) is 0 Å². The summed E-state index contributed by atoms with van der Waals surface area (Å²) in [6.45, 7) is 2.57. The van der Waals surface area contributed by atoms with Crippen LogP contribution in [0.4, 0.5) is 10.1 Å². The SMILES string of the molecule is CCCCOc1ccc(S(=O)(=O)Nc2cc(Cn3cncn3)cc(C(=O)OC)c2)cc1F. The molecule has 3 rings (SSSR count). The number of esters is 1. The number of sulfonamides is 1. The van der Waals surface area contributed by atoms with Gasteiger partial charge < -0.3 is 9.47 Å².